The summed E-state index contributed by atoms with van der Waals surface area (Å²) in [4.78, 5) is 3.99. The predicted octanol–water partition coefficient (Wildman–Crippen LogP) is 2.73. The van der Waals surface area contributed by atoms with E-state index in [1.807, 2.05) is 43.3 Å². The standard InChI is InChI=1S/C16H16N4O/c1-12-4-2-3-5-14(12)16-20-19-15(21-16)11-18-10-13-6-8-17-9-7-13/h2-9,18H,10-11H2,1H3. The molecule has 0 fully saturated rings. The average molecular weight is 280 g/mol. The molecule has 1 N–H and O–H groups in total. The minimum absolute atomic E-state index is 0.543. The maximum Gasteiger partial charge on any atom is 0.248 e. The van der Waals surface area contributed by atoms with Crippen molar-refractivity contribution in [3.05, 3.63) is 65.8 Å². The highest BCUT2D eigenvalue weighted by molar-refractivity contribution is 5.57. The van der Waals surface area contributed by atoms with Crippen molar-refractivity contribution in [1.82, 2.24) is 20.5 Å². The number of nitrogens with zero attached hydrogens (tertiary/aromatic N) is 3. The monoisotopic (exact) mass is 280 g/mol. The Hall–Kier alpha value is -2.53. The highest BCUT2D eigenvalue weighted by atomic mass is 16.4. The molecule has 0 aliphatic rings. The summed E-state index contributed by atoms with van der Waals surface area (Å²) >= 11 is 0. The smallest absolute Gasteiger partial charge is 0.248 e. The Kier molecular flexibility index (Phi) is 4.02. The molecule has 5 heteroatoms. The molecule has 0 atom stereocenters. The zero-order valence-corrected chi connectivity index (χ0v) is 11.8. The molecule has 3 rings (SSSR count). The predicted molar refractivity (Wildman–Crippen MR) is 79.3 cm³/mol. The molecule has 0 aliphatic carbocycles. The summed E-state index contributed by atoms with van der Waals surface area (Å²) in [5.74, 6) is 1.15. The van der Waals surface area contributed by atoms with Crippen LogP contribution in [0.3, 0.4) is 0 Å². The maximum absolute atomic E-state index is 5.69. The Bertz CT molecular complexity index is 709. The number of hydrogen-bond acceptors (Lipinski definition) is 5. The maximum atomic E-state index is 5.69. The summed E-state index contributed by atoms with van der Waals surface area (Å²) in [6, 6.07) is 11.9. The van der Waals surface area contributed by atoms with Crippen LogP contribution in [0.2, 0.25) is 0 Å². The van der Waals surface area contributed by atoms with E-state index in [0.717, 1.165) is 17.7 Å². The number of aryl methyl sites for hydroxylation is 1. The van der Waals surface area contributed by atoms with Gasteiger partial charge < -0.3 is 9.73 Å². The second-order valence-electron chi connectivity index (χ2n) is 4.77. The van der Waals surface area contributed by atoms with Crippen LogP contribution in [0, 0.1) is 6.92 Å². The van der Waals surface area contributed by atoms with Crippen molar-refractivity contribution in [3.8, 4) is 11.5 Å². The molecule has 0 bridgehead atoms. The first kappa shape index (κ1) is 13.5. The van der Waals surface area contributed by atoms with E-state index in [9.17, 15) is 0 Å². The molecular weight excluding hydrogens is 264 g/mol. The third-order valence-electron chi connectivity index (χ3n) is 3.20. The van der Waals surface area contributed by atoms with Gasteiger partial charge in [0.2, 0.25) is 11.8 Å². The van der Waals surface area contributed by atoms with E-state index in [1.165, 1.54) is 5.56 Å². The molecular formula is C16H16N4O. The number of benzene rings is 1. The molecule has 0 radical (unpaired) electrons. The molecule has 1 aromatic carbocycles. The molecule has 0 spiro atoms. The highest BCUT2D eigenvalue weighted by Gasteiger charge is 2.09. The minimum Gasteiger partial charge on any atom is -0.419 e. The van der Waals surface area contributed by atoms with Crippen LogP contribution in [0.1, 0.15) is 17.0 Å². The van der Waals surface area contributed by atoms with Crippen molar-refractivity contribution >= 4 is 0 Å². The topological polar surface area (TPSA) is 63.8 Å². The summed E-state index contributed by atoms with van der Waals surface area (Å²) in [5, 5.41) is 11.5. The van der Waals surface area contributed by atoms with E-state index in [-0.39, 0.29) is 0 Å². The first-order valence-electron chi connectivity index (χ1n) is 6.81. The fraction of sp³-hybridized carbons (Fsp3) is 0.188. The van der Waals surface area contributed by atoms with Crippen molar-refractivity contribution in [1.29, 1.82) is 0 Å². The van der Waals surface area contributed by atoms with Crippen LogP contribution in [0.5, 0.6) is 0 Å². The molecule has 2 aromatic heterocycles. The van der Waals surface area contributed by atoms with E-state index < -0.39 is 0 Å². The van der Waals surface area contributed by atoms with Crippen molar-refractivity contribution in [2.75, 3.05) is 0 Å². The van der Waals surface area contributed by atoms with Crippen LogP contribution in [0.25, 0.3) is 11.5 Å². The van der Waals surface area contributed by atoms with Gasteiger partial charge in [0.15, 0.2) is 0 Å². The van der Waals surface area contributed by atoms with Crippen molar-refractivity contribution in [2.24, 2.45) is 0 Å². The van der Waals surface area contributed by atoms with Crippen molar-refractivity contribution in [2.45, 2.75) is 20.0 Å². The molecule has 0 saturated carbocycles. The zero-order valence-electron chi connectivity index (χ0n) is 11.8. The summed E-state index contributed by atoms with van der Waals surface area (Å²) in [7, 11) is 0. The second kappa shape index (κ2) is 6.28. The number of aromatic nitrogens is 3. The van der Waals surface area contributed by atoms with Gasteiger partial charge in [0.1, 0.15) is 0 Å². The zero-order chi connectivity index (χ0) is 14.5. The molecule has 0 saturated heterocycles. The lowest BCUT2D eigenvalue weighted by molar-refractivity contribution is 0.477. The fourth-order valence-electron chi connectivity index (χ4n) is 2.06. The number of nitrogens with one attached hydrogen (secondary N) is 1. The van der Waals surface area contributed by atoms with Gasteiger partial charge in [-0.15, -0.1) is 10.2 Å². The molecule has 0 aliphatic heterocycles. The highest BCUT2D eigenvalue weighted by Crippen LogP contribution is 2.21. The number of pyridine rings is 1. The van der Waals surface area contributed by atoms with Gasteiger partial charge >= 0.3 is 0 Å². The molecule has 0 unspecified atom stereocenters. The van der Waals surface area contributed by atoms with Crippen molar-refractivity contribution < 1.29 is 4.42 Å². The normalized spacial score (nSPS) is 10.7. The lowest BCUT2D eigenvalue weighted by atomic mass is 10.1. The molecule has 3 aromatic rings. The third-order valence-corrected chi connectivity index (χ3v) is 3.20. The number of hydrogen-bond donors (Lipinski definition) is 1. The van der Waals surface area contributed by atoms with Gasteiger partial charge in [0.05, 0.1) is 6.54 Å². The van der Waals surface area contributed by atoms with Crippen LogP contribution in [-0.4, -0.2) is 15.2 Å². The molecule has 0 amide bonds. The summed E-state index contributed by atoms with van der Waals surface area (Å²) in [6.07, 6.45) is 3.56. The lowest BCUT2D eigenvalue weighted by Crippen LogP contribution is -2.12. The van der Waals surface area contributed by atoms with E-state index in [1.54, 1.807) is 12.4 Å². The van der Waals surface area contributed by atoms with E-state index in [2.05, 4.69) is 20.5 Å². The van der Waals surface area contributed by atoms with Crippen LogP contribution in [0.4, 0.5) is 0 Å². The van der Waals surface area contributed by atoms with Gasteiger partial charge in [-0.2, -0.15) is 0 Å². The Morgan fingerprint density at radius 1 is 1.00 bits per heavy atom. The van der Waals surface area contributed by atoms with Gasteiger partial charge in [-0.25, -0.2) is 0 Å². The van der Waals surface area contributed by atoms with Gasteiger partial charge in [-0.3, -0.25) is 4.98 Å². The lowest BCUT2D eigenvalue weighted by Gasteiger charge is -2.01. The first-order valence-corrected chi connectivity index (χ1v) is 6.81. The van der Waals surface area contributed by atoms with E-state index in [0.29, 0.717) is 18.3 Å². The van der Waals surface area contributed by atoms with E-state index >= 15 is 0 Å². The minimum atomic E-state index is 0.543. The Morgan fingerprint density at radius 2 is 1.81 bits per heavy atom. The molecule has 106 valence electrons. The van der Waals surface area contributed by atoms with Crippen LogP contribution in [-0.2, 0) is 13.1 Å². The summed E-state index contributed by atoms with van der Waals surface area (Å²) in [5.41, 5.74) is 3.27. The Morgan fingerprint density at radius 3 is 2.62 bits per heavy atom. The van der Waals surface area contributed by atoms with E-state index in [4.69, 9.17) is 4.42 Å². The van der Waals surface area contributed by atoms with Crippen LogP contribution < -0.4 is 5.32 Å². The van der Waals surface area contributed by atoms with Crippen LogP contribution in [0.15, 0.2) is 53.2 Å². The average Bonchev–Trinajstić information content (AvgIpc) is 2.97. The molecule has 21 heavy (non-hydrogen) atoms. The SMILES string of the molecule is Cc1ccccc1-c1nnc(CNCc2ccncc2)o1. The largest absolute Gasteiger partial charge is 0.419 e. The van der Waals surface area contributed by atoms with Gasteiger partial charge in [0.25, 0.3) is 0 Å². The van der Waals surface area contributed by atoms with Crippen LogP contribution >= 0.6 is 0 Å². The quantitative estimate of drug-likeness (QED) is 0.778. The summed E-state index contributed by atoms with van der Waals surface area (Å²) in [6.45, 7) is 3.31. The van der Waals surface area contributed by atoms with Gasteiger partial charge in [0, 0.05) is 24.5 Å². The summed E-state index contributed by atoms with van der Waals surface area (Å²) < 4.78 is 5.69. The third kappa shape index (κ3) is 3.32. The van der Waals surface area contributed by atoms with Gasteiger partial charge in [-0.05, 0) is 36.2 Å². The van der Waals surface area contributed by atoms with Gasteiger partial charge in [-0.1, -0.05) is 18.2 Å². The first-order chi connectivity index (χ1) is 10.3. The fourth-order valence-corrected chi connectivity index (χ4v) is 2.06. The van der Waals surface area contributed by atoms with Crippen molar-refractivity contribution in [3.63, 3.8) is 0 Å². The Labute approximate surface area is 123 Å². The molecule has 5 nitrogen and oxygen atoms in total. The Balaban J connectivity index is 1.62. The second-order valence-corrected chi connectivity index (χ2v) is 4.77. The molecule has 2 heterocycles. The number of rotatable bonds is 5.